The molecule has 0 unspecified atom stereocenters. The summed E-state index contributed by atoms with van der Waals surface area (Å²) >= 11 is 0. The quantitative estimate of drug-likeness (QED) is 0.697. The minimum atomic E-state index is -0.303. The van der Waals surface area contributed by atoms with Crippen molar-refractivity contribution >= 4 is 17.4 Å². The molecule has 2 aromatic rings. The molecule has 0 atom stereocenters. The van der Waals surface area contributed by atoms with E-state index in [-0.39, 0.29) is 11.7 Å². The first-order valence-corrected chi connectivity index (χ1v) is 4.70. The highest BCUT2D eigenvalue weighted by Gasteiger charge is 2.12. The van der Waals surface area contributed by atoms with Crippen LogP contribution in [0.5, 0.6) is 0 Å². The van der Waals surface area contributed by atoms with Crippen LogP contribution in [0.3, 0.4) is 0 Å². The van der Waals surface area contributed by atoms with Crippen molar-refractivity contribution in [2.24, 2.45) is 0 Å². The van der Waals surface area contributed by atoms with Crippen molar-refractivity contribution in [3.8, 4) is 0 Å². The molecule has 2 aromatic heterocycles. The molecule has 1 amide bonds. The van der Waals surface area contributed by atoms with Crippen molar-refractivity contribution in [1.29, 1.82) is 0 Å². The molecule has 0 saturated carbocycles. The average molecular weight is 217 g/mol. The SMILES string of the molecule is Cc1ncccc1NC(=O)c1cn[nH]c1N. The second-order valence-corrected chi connectivity index (χ2v) is 3.29. The number of aromatic nitrogens is 3. The number of hydrogen-bond donors (Lipinski definition) is 3. The van der Waals surface area contributed by atoms with E-state index in [1.165, 1.54) is 6.20 Å². The fraction of sp³-hybridized carbons (Fsp3) is 0.100. The van der Waals surface area contributed by atoms with Crippen LogP contribution >= 0.6 is 0 Å². The molecule has 0 bridgehead atoms. The molecule has 6 nitrogen and oxygen atoms in total. The third kappa shape index (κ3) is 1.85. The van der Waals surface area contributed by atoms with E-state index in [4.69, 9.17) is 5.73 Å². The van der Waals surface area contributed by atoms with E-state index in [1.54, 1.807) is 18.3 Å². The summed E-state index contributed by atoms with van der Waals surface area (Å²) in [6, 6.07) is 3.53. The summed E-state index contributed by atoms with van der Waals surface area (Å²) in [5.74, 6) is -0.0543. The van der Waals surface area contributed by atoms with Gasteiger partial charge in [-0.05, 0) is 19.1 Å². The maximum absolute atomic E-state index is 11.8. The Bertz CT molecular complexity index is 519. The van der Waals surface area contributed by atoms with Gasteiger partial charge in [0.15, 0.2) is 0 Å². The van der Waals surface area contributed by atoms with Gasteiger partial charge in [0.25, 0.3) is 5.91 Å². The van der Waals surface area contributed by atoms with E-state index in [1.807, 2.05) is 6.92 Å². The van der Waals surface area contributed by atoms with Gasteiger partial charge in [0, 0.05) is 6.20 Å². The van der Waals surface area contributed by atoms with Crippen LogP contribution in [-0.4, -0.2) is 21.1 Å². The molecule has 0 fully saturated rings. The van der Waals surface area contributed by atoms with Crippen molar-refractivity contribution in [2.75, 3.05) is 11.1 Å². The lowest BCUT2D eigenvalue weighted by Gasteiger charge is -2.05. The van der Waals surface area contributed by atoms with Crippen LogP contribution < -0.4 is 11.1 Å². The first kappa shape index (κ1) is 10.2. The number of carbonyl (C=O) groups is 1. The van der Waals surface area contributed by atoms with Crippen LogP contribution in [0.15, 0.2) is 24.5 Å². The van der Waals surface area contributed by atoms with Crippen LogP contribution in [0.25, 0.3) is 0 Å². The van der Waals surface area contributed by atoms with Gasteiger partial charge < -0.3 is 11.1 Å². The van der Waals surface area contributed by atoms with E-state index in [0.717, 1.165) is 5.69 Å². The Labute approximate surface area is 91.9 Å². The number of nitrogens with zero attached hydrogens (tertiary/aromatic N) is 2. The lowest BCUT2D eigenvalue weighted by Crippen LogP contribution is -2.14. The van der Waals surface area contributed by atoms with E-state index < -0.39 is 0 Å². The zero-order valence-electron chi connectivity index (χ0n) is 8.69. The van der Waals surface area contributed by atoms with Crippen LogP contribution in [-0.2, 0) is 0 Å². The van der Waals surface area contributed by atoms with E-state index in [9.17, 15) is 4.79 Å². The maximum Gasteiger partial charge on any atom is 0.261 e. The van der Waals surface area contributed by atoms with Crippen molar-refractivity contribution < 1.29 is 4.79 Å². The average Bonchev–Trinajstić information content (AvgIpc) is 2.68. The smallest absolute Gasteiger partial charge is 0.261 e. The molecule has 6 heteroatoms. The molecule has 0 aliphatic heterocycles. The molecular weight excluding hydrogens is 206 g/mol. The summed E-state index contributed by atoms with van der Waals surface area (Å²) in [6.45, 7) is 1.81. The largest absolute Gasteiger partial charge is 0.383 e. The number of nitrogens with two attached hydrogens (primary N) is 1. The van der Waals surface area contributed by atoms with Gasteiger partial charge in [0.2, 0.25) is 0 Å². The van der Waals surface area contributed by atoms with E-state index >= 15 is 0 Å². The highest BCUT2D eigenvalue weighted by atomic mass is 16.1. The normalized spacial score (nSPS) is 10.1. The predicted molar refractivity (Wildman–Crippen MR) is 59.9 cm³/mol. The van der Waals surface area contributed by atoms with E-state index in [0.29, 0.717) is 11.3 Å². The predicted octanol–water partition coefficient (Wildman–Crippen LogP) is 0.948. The first-order valence-electron chi connectivity index (χ1n) is 4.70. The first-order chi connectivity index (χ1) is 7.68. The highest BCUT2D eigenvalue weighted by Crippen LogP contribution is 2.14. The van der Waals surface area contributed by atoms with Crippen molar-refractivity contribution in [1.82, 2.24) is 15.2 Å². The van der Waals surface area contributed by atoms with Gasteiger partial charge >= 0.3 is 0 Å². The number of nitrogens with one attached hydrogen (secondary N) is 2. The number of rotatable bonds is 2. The summed E-state index contributed by atoms with van der Waals surface area (Å²) in [6.07, 6.45) is 3.05. The van der Waals surface area contributed by atoms with Crippen molar-refractivity contribution in [3.63, 3.8) is 0 Å². The Balaban J connectivity index is 2.21. The van der Waals surface area contributed by atoms with Gasteiger partial charge in [-0.2, -0.15) is 5.10 Å². The molecule has 4 N–H and O–H groups in total. The molecular formula is C10H11N5O. The summed E-state index contributed by atoms with van der Waals surface area (Å²) in [5, 5.41) is 8.89. The molecule has 82 valence electrons. The van der Waals surface area contributed by atoms with Gasteiger partial charge in [-0.3, -0.25) is 14.9 Å². The molecule has 0 aliphatic carbocycles. The lowest BCUT2D eigenvalue weighted by atomic mass is 10.2. The zero-order valence-corrected chi connectivity index (χ0v) is 8.69. The summed E-state index contributed by atoms with van der Waals surface area (Å²) in [7, 11) is 0. The standard InChI is InChI=1S/C10H11N5O/c1-6-8(3-2-4-12-6)14-10(16)7-5-13-15-9(7)11/h2-5H,1H3,(H,14,16)(H3,11,13,15). The number of amides is 1. The van der Waals surface area contributed by atoms with Crippen LogP contribution in [0, 0.1) is 6.92 Å². The van der Waals surface area contributed by atoms with Crippen LogP contribution in [0.4, 0.5) is 11.5 Å². The fourth-order valence-corrected chi connectivity index (χ4v) is 1.28. The maximum atomic E-state index is 11.8. The minimum absolute atomic E-state index is 0.249. The molecule has 0 saturated heterocycles. The number of hydrogen-bond acceptors (Lipinski definition) is 4. The number of aromatic amines is 1. The Morgan fingerprint density at radius 3 is 3.00 bits per heavy atom. The number of pyridine rings is 1. The topological polar surface area (TPSA) is 96.7 Å². The Morgan fingerprint density at radius 2 is 2.38 bits per heavy atom. The summed E-state index contributed by atoms with van der Waals surface area (Å²) < 4.78 is 0. The number of carbonyl (C=O) groups excluding carboxylic acids is 1. The number of H-pyrrole nitrogens is 1. The molecule has 16 heavy (non-hydrogen) atoms. The minimum Gasteiger partial charge on any atom is -0.383 e. The fourth-order valence-electron chi connectivity index (χ4n) is 1.28. The van der Waals surface area contributed by atoms with Gasteiger partial charge in [-0.15, -0.1) is 0 Å². The third-order valence-electron chi connectivity index (χ3n) is 2.17. The number of nitrogen functional groups attached to an aromatic ring is 1. The van der Waals surface area contributed by atoms with Gasteiger partial charge in [-0.1, -0.05) is 0 Å². The summed E-state index contributed by atoms with van der Waals surface area (Å²) in [5.41, 5.74) is 7.27. The lowest BCUT2D eigenvalue weighted by molar-refractivity contribution is 0.102. The molecule has 0 aliphatic rings. The zero-order chi connectivity index (χ0) is 11.5. The van der Waals surface area contributed by atoms with Gasteiger partial charge in [-0.25, -0.2) is 0 Å². The highest BCUT2D eigenvalue weighted by molar-refractivity contribution is 6.07. The Kier molecular flexibility index (Phi) is 2.55. The number of anilines is 2. The van der Waals surface area contributed by atoms with Gasteiger partial charge in [0.05, 0.1) is 17.6 Å². The monoisotopic (exact) mass is 217 g/mol. The van der Waals surface area contributed by atoms with Gasteiger partial charge in [0.1, 0.15) is 11.4 Å². The second-order valence-electron chi connectivity index (χ2n) is 3.29. The van der Waals surface area contributed by atoms with Crippen molar-refractivity contribution in [3.05, 3.63) is 35.8 Å². The van der Waals surface area contributed by atoms with Crippen LogP contribution in [0.2, 0.25) is 0 Å². The molecule has 0 radical (unpaired) electrons. The molecule has 2 rings (SSSR count). The Morgan fingerprint density at radius 1 is 1.56 bits per heavy atom. The molecule has 0 spiro atoms. The molecule has 0 aromatic carbocycles. The summed E-state index contributed by atoms with van der Waals surface area (Å²) in [4.78, 5) is 15.8. The number of aryl methyl sites for hydroxylation is 1. The third-order valence-corrected chi connectivity index (χ3v) is 2.17. The van der Waals surface area contributed by atoms with Crippen LogP contribution in [0.1, 0.15) is 16.1 Å². The Hall–Kier alpha value is -2.37. The second kappa shape index (κ2) is 4.01. The van der Waals surface area contributed by atoms with Crippen molar-refractivity contribution in [2.45, 2.75) is 6.92 Å². The molecule has 2 heterocycles. The van der Waals surface area contributed by atoms with E-state index in [2.05, 4.69) is 20.5 Å².